The fraction of sp³-hybridized carbons (Fsp3) is 0.158. The lowest BCUT2D eigenvalue weighted by atomic mass is 10.1. The topological polar surface area (TPSA) is 100 Å². The van der Waals surface area contributed by atoms with E-state index >= 15 is 0 Å². The number of carboxylic acids is 1. The maximum atomic E-state index is 10.8. The van der Waals surface area contributed by atoms with Gasteiger partial charge in [-0.2, -0.15) is 4.98 Å². The largest absolute Gasteiger partial charge is 0.480 e. The van der Waals surface area contributed by atoms with E-state index < -0.39 is 5.97 Å². The molecule has 3 aromatic rings. The standard InChI is InChI=1S/C19H19N5O2/c1-13-3-2-4-14(9-13)11-21-17-10-16(15-5-7-20-8-6-15)23-19(24-17)22-12-18(25)26/h2-10H,11-12H2,1H3,(H,25,26)(H2,21,22,23,24). The molecule has 7 nitrogen and oxygen atoms in total. The smallest absolute Gasteiger partial charge is 0.322 e. The van der Waals surface area contributed by atoms with Gasteiger partial charge in [0.25, 0.3) is 0 Å². The fourth-order valence-electron chi connectivity index (χ4n) is 2.46. The third kappa shape index (κ3) is 4.76. The number of aryl methyl sites for hydroxylation is 1. The van der Waals surface area contributed by atoms with Crippen molar-refractivity contribution >= 4 is 17.7 Å². The van der Waals surface area contributed by atoms with Gasteiger partial charge in [0, 0.05) is 30.6 Å². The number of pyridine rings is 1. The molecule has 0 radical (unpaired) electrons. The third-order valence-corrected chi connectivity index (χ3v) is 3.66. The van der Waals surface area contributed by atoms with E-state index in [9.17, 15) is 4.79 Å². The first kappa shape index (κ1) is 17.3. The summed E-state index contributed by atoms with van der Waals surface area (Å²) in [5.41, 5.74) is 3.88. The van der Waals surface area contributed by atoms with Gasteiger partial charge in [-0.1, -0.05) is 29.8 Å². The zero-order valence-electron chi connectivity index (χ0n) is 14.3. The van der Waals surface area contributed by atoms with Gasteiger partial charge >= 0.3 is 5.97 Å². The number of carboxylic acid groups (broad SMARTS) is 1. The highest BCUT2D eigenvalue weighted by atomic mass is 16.4. The zero-order valence-corrected chi connectivity index (χ0v) is 14.3. The van der Waals surface area contributed by atoms with Crippen molar-refractivity contribution in [3.05, 3.63) is 66.0 Å². The average Bonchev–Trinajstić information content (AvgIpc) is 2.65. The molecule has 3 rings (SSSR count). The fourth-order valence-corrected chi connectivity index (χ4v) is 2.46. The Balaban J connectivity index is 1.85. The predicted molar refractivity (Wildman–Crippen MR) is 99.9 cm³/mol. The van der Waals surface area contributed by atoms with Crippen LogP contribution >= 0.6 is 0 Å². The van der Waals surface area contributed by atoms with Gasteiger partial charge in [-0.3, -0.25) is 9.78 Å². The van der Waals surface area contributed by atoms with Crippen molar-refractivity contribution in [2.24, 2.45) is 0 Å². The van der Waals surface area contributed by atoms with Gasteiger partial charge in [-0.25, -0.2) is 4.98 Å². The summed E-state index contributed by atoms with van der Waals surface area (Å²) in [7, 11) is 0. The van der Waals surface area contributed by atoms with E-state index in [1.165, 1.54) is 5.56 Å². The molecule has 132 valence electrons. The first-order valence-electron chi connectivity index (χ1n) is 8.15. The Hall–Kier alpha value is -3.48. The van der Waals surface area contributed by atoms with E-state index in [1.54, 1.807) is 12.4 Å². The molecular formula is C19H19N5O2. The van der Waals surface area contributed by atoms with Gasteiger partial charge in [0.15, 0.2) is 0 Å². The van der Waals surface area contributed by atoms with Crippen molar-refractivity contribution < 1.29 is 9.90 Å². The number of aliphatic carboxylic acids is 1. The molecule has 1 aromatic carbocycles. The van der Waals surface area contributed by atoms with Crippen LogP contribution in [-0.4, -0.2) is 32.6 Å². The van der Waals surface area contributed by atoms with Gasteiger partial charge in [-0.05, 0) is 24.6 Å². The van der Waals surface area contributed by atoms with E-state index in [1.807, 2.05) is 43.3 Å². The lowest BCUT2D eigenvalue weighted by Gasteiger charge is -2.11. The van der Waals surface area contributed by atoms with Crippen LogP contribution in [0.25, 0.3) is 11.3 Å². The Bertz CT molecular complexity index is 899. The number of aromatic nitrogens is 3. The first-order chi connectivity index (χ1) is 12.6. The average molecular weight is 349 g/mol. The Labute approximate surface area is 151 Å². The third-order valence-electron chi connectivity index (χ3n) is 3.66. The maximum absolute atomic E-state index is 10.8. The number of nitrogens with one attached hydrogen (secondary N) is 2. The Morgan fingerprint density at radius 3 is 2.62 bits per heavy atom. The summed E-state index contributed by atoms with van der Waals surface area (Å²) in [5.74, 6) is -0.105. The van der Waals surface area contributed by atoms with Crippen molar-refractivity contribution in [1.82, 2.24) is 15.0 Å². The summed E-state index contributed by atoms with van der Waals surface area (Å²) in [6.07, 6.45) is 3.36. The molecule has 0 amide bonds. The lowest BCUT2D eigenvalue weighted by Crippen LogP contribution is -2.15. The number of hydrogen-bond donors (Lipinski definition) is 3. The maximum Gasteiger partial charge on any atom is 0.322 e. The zero-order chi connectivity index (χ0) is 18.4. The molecule has 2 heterocycles. The van der Waals surface area contributed by atoms with E-state index in [2.05, 4.69) is 31.7 Å². The number of rotatable bonds is 7. The van der Waals surface area contributed by atoms with Crippen LogP contribution in [-0.2, 0) is 11.3 Å². The lowest BCUT2D eigenvalue weighted by molar-refractivity contribution is -0.134. The van der Waals surface area contributed by atoms with Crippen LogP contribution in [0.4, 0.5) is 11.8 Å². The summed E-state index contributed by atoms with van der Waals surface area (Å²) in [4.78, 5) is 23.6. The minimum atomic E-state index is -0.975. The SMILES string of the molecule is Cc1cccc(CNc2cc(-c3ccncc3)nc(NCC(=O)O)n2)c1. The number of benzene rings is 1. The predicted octanol–water partition coefficient (Wildman–Crippen LogP) is 2.96. The monoisotopic (exact) mass is 349 g/mol. The highest BCUT2D eigenvalue weighted by Crippen LogP contribution is 2.21. The number of carbonyl (C=O) groups is 1. The van der Waals surface area contributed by atoms with Crippen LogP contribution in [0.3, 0.4) is 0 Å². The molecule has 0 aliphatic rings. The molecule has 7 heteroatoms. The van der Waals surface area contributed by atoms with Crippen molar-refractivity contribution in [3.63, 3.8) is 0 Å². The van der Waals surface area contributed by atoms with Crippen LogP contribution in [0.5, 0.6) is 0 Å². The van der Waals surface area contributed by atoms with Crippen molar-refractivity contribution in [3.8, 4) is 11.3 Å². The van der Waals surface area contributed by atoms with Gasteiger partial charge in [0.2, 0.25) is 5.95 Å². The van der Waals surface area contributed by atoms with E-state index in [0.29, 0.717) is 18.1 Å². The molecule has 0 aliphatic heterocycles. The summed E-state index contributed by atoms with van der Waals surface area (Å²) in [5, 5.41) is 14.9. The van der Waals surface area contributed by atoms with E-state index in [0.717, 1.165) is 11.1 Å². The van der Waals surface area contributed by atoms with Crippen molar-refractivity contribution in [2.45, 2.75) is 13.5 Å². The number of anilines is 2. The van der Waals surface area contributed by atoms with E-state index in [-0.39, 0.29) is 12.5 Å². The molecule has 0 unspecified atom stereocenters. The Morgan fingerprint density at radius 1 is 1.08 bits per heavy atom. The molecule has 0 saturated carbocycles. The van der Waals surface area contributed by atoms with Crippen LogP contribution in [0.15, 0.2) is 54.9 Å². The second kappa shape index (κ2) is 8.06. The Kier molecular flexibility index (Phi) is 5.38. The molecule has 26 heavy (non-hydrogen) atoms. The molecule has 0 atom stereocenters. The van der Waals surface area contributed by atoms with Gasteiger partial charge in [0.05, 0.1) is 5.69 Å². The molecule has 0 fully saturated rings. The highest BCUT2D eigenvalue weighted by Gasteiger charge is 2.08. The molecule has 3 N–H and O–H groups in total. The van der Waals surface area contributed by atoms with Crippen molar-refractivity contribution in [1.29, 1.82) is 0 Å². The van der Waals surface area contributed by atoms with Crippen LogP contribution in [0, 0.1) is 6.92 Å². The van der Waals surface area contributed by atoms with Gasteiger partial charge < -0.3 is 15.7 Å². The number of hydrogen-bond acceptors (Lipinski definition) is 6. The molecule has 0 spiro atoms. The summed E-state index contributed by atoms with van der Waals surface area (Å²) < 4.78 is 0. The second-order valence-electron chi connectivity index (χ2n) is 5.79. The Morgan fingerprint density at radius 2 is 1.88 bits per heavy atom. The van der Waals surface area contributed by atoms with Crippen molar-refractivity contribution in [2.75, 3.05) is 17.2 Å². The molecule has 0 aliphatic carbocycles. The van der Waals surface area contributed by atoms with Crippen LogP contribution in [0.1, 0.15) is 11.1 Å². The normalized spacial score (nSPS) is 10.3. The van der Waals surface area contributed by atoms with E-state index in [4.69, 9.17) is 5.11 Å². The molecular weight excluding hydrogens is 330 g/mol. The second-order valence-corrected chi connectivity index (χ2v) is 5.79. The molecule has 0 saturated heterocycles. The first-order valence-corrected chi connectivity index (χ1v) is 8.15. The van der Waals surface area contributed by atoms with Crippen LogP contribution < -0.4 is 10.6 Å². The minimum absolute atomic E-state index is 0.253. The molecule has 2 aromatic heterocycles. The highest BCUT2D eigenvalue weighted by molar-refractivity contribution is 5.72. The number of nitrogens with zero attached hydrogens (tertiary/aromatic N) is 3. The van der Waals surface area contributed by atoms with Gasteiger partial charge in [-0.15, -0.1) is 0 Å². The van der Waals surface area contributed by atoms with Gasteiger partial charge in [0.1, 0.15) is 12.4 Å². The quantitative estimate of drug-likeness (QED) is 0.603. The minimum Gasteiger partial charge on any atom is -0.480 e. The summed E-state index contributed by atoms with van der Waals surface area (Å²) in [6.45, 7) is 2.40. The summed E-state index contributed by atoms with van der Waals surface area (Å²) in [6, 6.07) is 13.7. The molecule has 0 bridgehead atoms. The summed E-state index contributed by atoms with van der Waals surface area (Å²) >= 11 is 0. The van der Waals surface area contributed by atoms with Crippen LogP contribution in [0.2, 0.25) is 0 Å².